The van der Waals surface area contributed by atoms with Gasteiger partial charge < -0.3 is 24.4 Å². The molecule has 2 aliphatic heterocycles. The summed E-state index contributed by atoms with van der Waals surface area (Å²) in [5, 5.41) is 10.4. The van der Waals surface area contributed by atoms with Crippen LogP contribution >= 0.6 is 0 Å². The van der Waals surface area contributed by atoms with Crippen LogP contribution in [0, 0.1) is 0 Å². The fraction of sp³-hybridized carbons (Fsp3) is 0.579. The molecule has 1 aliphatic carbocycles. The van der Waals surface area contributed by atoms with Crippen LogP contribution < -0.4 is 9.47 Å². The Bertz CT molecular complexity index is 700. The van der Waals surface area contributed by atoms with Crippen LogP contribution in [-0.4, -0.2) is 61.9 Å². The summed E-state index contributed by atoms with van der Waals surface area (Å²) in [5.74, 6) is 1.66. The molecule has 1 N–H and O–H groups in total. The molecule has 0 amide bonds. The molecule has 0 saturated carbocycles. The third-order valence-electron chi connectivity index (χ3n) is 5.76. The third kappa shape index (κ3) is 2.01. The number of methoxy groups -OCH3 is 1. The van der Waals surface area contributed by atoms with Crippen molar-refractivity contribution in [3.63, 3.8) is 0 Å². The van der Waals surface area contributed by atoms with Gasteiger partial charge >= 0.3 is 0 Å². The van der Waals surface area contributed by atoms with E-state index in [0.29, 0.717) is 6.42 Å². The molecule has 24 heavy (non-hydrogen) atoms. The lowest BCUT2D eigenvalue weighted by atomic mass is 9.66. The average molecular weight is 330 g/mol. The number of hydrogen-bond donors (Lipinski definition) is 1. The first-order valence-corrected chi connectivity index (χ1v) is 8.60. The smallest absolute Gasteiger partial charge is 0.166 e. The van der Waals surface area contributed by atoms with Crippen LogP contribution in [-0.2, 0) is 12.0 Å². The second kappa shape index (κ2) is 5.39. The molecular formula is C19H26N2O3. The van der Waals surface area contributed by atoms with Crippen molar-refractivity contribution < 1.29 is 14.6 Å². The topological polar surface area (TPSA) is 45.2 Å². The maximum absolute atomic E-state index is 10.4. The Balaban J connectivity index is 2.01. The summed E-state index contributed by atoms with van der Waals surface area (Å²) in [5.41, 5.74) is 3.53. The fourth-order valence-corrected chi connectivity index (χ4v) is 4.77. The molecule has 0 aromatic heterocycles. The Kier molecular flexibility index (Phi) is 3.55. The molecule has 1 aromatic carbocycles. The molecular weight excluding hydrogens is 304 g/mol. The van der Waals surface area contributed by atoms with Crippen LogP contribution in [0.5, 0.6) is 11.5 Å². The van der Waals surface area contributed by atoms with E-state index in [1.165, 1.54) is 11.1 Å². The molecule has 5 nitrogen and oxygen atoms in total. The zero-order chi connectivity index (χ0) is 17.1. The van der Waals surface area contributed by atoms with Gasteiger partial charge in [-0.1, -0.05) is 6.07 Å². The Morgan fingerprint density at radius 2 is 2.17 bits per heavy atom. The van der Waals surface area contributed by atoms with Crippen molar-refractivity contribution in [1.82, 2.24) is 9.80 Å². The minimum Gasteiger partial charge on any atom is -0.493 e. The zero-order valence-corrected chi connectivity index (χ0v) is 14.9. The highest BCUT2D eigenvalue weighted by Gasteiger charge is 2.57. The summed E-state index contributed by atoms with van der Waals surface area (Å²) >= 11 is 0. The Morgan fingerprint density at radius 3 is 2.88 bits per heavy atom. The summed E-state index contributed by atoms with van der Waals surface area (Å²) in [4.78, 5) is 4.51. The van der Waals surface area contributed by atoms with Crippen molar-refractivity contribution >= 4 is 0 Å². The first-order valence-electron chi connectivity index (χ1n) is 8.60. The van der Waals surface area contributed by atoms with Gasteiger partial charge in [0.1, 0.15) is 6.10 Å². The molecule has 0 saturated heterocycles. The van der Waals surface area contributed by atoms with Crippen LogP contribution in [0.3, 0.4) is 0 Å². The predicted octanol–water partition coefficient (Wildman–Crippen LogP) is 1.74. The maximum atomic E-state index is 10.4. The average Bonchev–Trinajstić information content (AvgIpc) is 2.79. The number of aliphatic hydroxyl groups is 1. The molecule has 3 aliphatic rings. The quantitative estimate of drug-likeness (QED) is 0.895. The Morgan fingerprint density at radius 1 is 1.38 bits per heavy atom. The van der Waals surface area contributed by atoms with E-state index in [0.717, 1.165) is 36.7 Å². The van der Waals surface area contributed by atoms with Crippen molar-refractivity contribution in [2.45, 2.75) is 37.0 Å². The second-order valence-corrected chi connectivity index (χ2v) is 7.45. The number of rotatable bonds is 2. The van der Waals surface area contributed by atoms with E-state index >= 15 is 0 Å². The van der Waals surface area contributed by atoms with E-state index in [2.05, 4.69) is 37.0 Å². The van der Waals surface area contributed by atoms with Crippen molar-refractivity contribution in [2.24, 2.45) is 0 Å². The minimum absolute atomic E-state index is 0.0496. The Labute approximate surface area is 143 Å². The van der Waals surface area contributed by atoms with Gasteiger partial charge in [0.15, 0.2) is 11.5 Å². The van der Waals surface area contributed by atoms with Gasteiger partial charge in [-0.3, -0.25) is 0 Å². The predicted molar refractivity (Wildman–Crippen MR) is 92.4 cm³/mol. The van der Waals surface area contributed by atoms with Gasteiger partial charge in [0, 0.05) is 38.3 Å². The van der Waals surface area contributed by atoms with E-state index in [1.54, 1.807) is 7.11 Å². The number of ether oxygens (including phenoxy) is 2. The van der Waals surface area contributed by atoms with Crippen LogP contribution in [0.25, 0.3) is 0 Å². The molecule has 4 rings (SSSR count). The summed E-state index contributed by atoms with van der Waals surface area (Å²) in [6.07, 6.45) is 3.11. The van der Waals surface area contributed by atoms with Gasteiger partial charge in [-0.05, 0) is 37.7 Å². The molecule has 1 spiro atoms. The van der Waals surface area contributed by atoms with Gasteiger partial charge in [-0.25, -0.2) is 0 Å². The van der Waals surface area contributed by atoms with E-state index in [-0.39, 0.29) is 11.5 Å². The molecule has 0 radical (unpaired) electrons. The lowest BCUT2D eigenvalue weighted by Crippen LogP contribution is -2.49. The summed E-state index contributed by atoms with van der Waals surface area (Å²) in [6, 6.07) is 4.18. The lowest BCUT2D eigenvalue weighted by Gasteiger charge is -2.43. The highest BCUT2D eigenvalue weighted by molar-refractivity contribution is 5.62. The highest BCUT2D eigenvalue weighted by Crippen LogP contribution is 2.58. The zero-order valence-electron chi connectivity index (χ0n) is 14.9. The second-order valence-electron chi connectivity index (χ2n) is 7.45. The standard InChI is InChI=1S/C19H26N2O3/c1-20(2)15-9-13(22)10-16-19(15)7-8-21(3)11-12-5-6-14(23-4)18(24-16)17(12)19/h5-6,9,13,16,22H,7-8,10-11H2,1-4H3/t13-,16-,19+/m0/s1. The van der Waals surface area contributed by atoms with Crippen molar-refractivity contribution in [2.75, 3.05) is 34.8 Å². The molecule has 1 aromatic rings. The van der Waals surface area contributed by atoms with Crippen molar-refractivity contribution in [3.8, 4) is 11.5 Å². The van der Waals surface area contributed by atoms with Crippen molar-refractivity contribution in [3.05, 3.63) is 35.0 Å². The number of likely N-dealkylation sites (N-methyl/N-ethyl adjacent to an activating group) is 1. The monoisotopic (exact) mass is 330 g/mol. The summed E-state index contributed by atoms with van der Waals surface area (Å²) in [7, 11) is 7.97. The molecule has 2 heterocycles. The van der Waals surface area contributed by atoms with Gasteiger partial charge in [-0.2, -0.15) is 0 Å². The van der Waals surface area contributed by atoms with Gasteiger partial charge in [0.05, 0.1) is 18.6 Å². The largest absolute Gasteiger partial charge is 0.493 e. The molecule has 0 bridgehead atoms. The molecule has 0 unspecified atom stereocenters. The van der Waals surface area contributed by atoms with Crippen LogP contribution in [0.1, 0.15) is 24.0 Å². The van der Waals surface area contributed by atoms with Gasteiger partial charge in [0.25, 0.3) is 0 Å². The number of nitrogens with zero attached hydrogens (tertiary/aromatic N) is 2. The first-order chi connectivity index (χ1) is 11.5. The van der Waals surface area contributed by atoms with Gasteiger partial charge in [0.2, 0.25) is 0 Å². The number of hydrogen-bond acceptors (Lipinski definition) is 5. The lowest BCUT2D eigenvalue weighted by molar-refractivity contribution is 0.0639. The van der Waals surface area contributed by atoms with Crippen molar-refractivity contribution in [1.29, 1.82) is 0 Å². The van der Waals surface area contributed by atoms with E-state index in [1.807, 2.05) is 12.1 Å². The summed E-state index contributed by atoms with van der Waals surface area (Å²) < 4.78 is 12.0. The summed E-state index contributed by atoms with van der Waals surface area (Å²) in [6.45, 7) is 1.91. The van der Waals surface area contributed by atoms with Crippen LogP contribution in [0.15, 0.2) is 23.9 Å². The number of aliphatic hydroxyl groups excluding tert-OH is 1. The minimum atomic E-state index is -0.470. The normalized spacial score (nSPS) is 31.5. The third-order valence-corrected chi connectivity index (χ3v) is 5.76. The van der Waals surface area contributed by atoms with Gasteiger partial charge in [-0.15, -0.1) is 0 Å². The molecule has 130 valence electrons. The fourth-order valence-electron chi connectivity index (χ4n) is 4.77. The van der Waals surface area contributed by atoms with Crippen LogP contribution in [0.2, 0.25) is 0 Å². The molecule has 3 atom stereocenters. The first kappa shape index (κ1) is 15.8. The van der Waals surface area contributed by atoms with E-state index < -0.39 is 6.10 Å². The van der Waals surface area contributed by atoms with E-state index in [4.69, 9.17) is 9.47 Å². The molecule has 5 heteroatoms. The number of benzene rings is 1. The SMILES string of the molecule is COc1ccc2c3c1O[C@H]1C[C@@H](O)C=C(N(C)C)[C@@]31CCN(C)C2. The highest BCUT2D eigenvalue weighted by atomic mass is 16.5. The van der Waals surface area contributed by atoms with E-state index in [9.17, 15) is 5.11 Å². The van der Waals surface area contributed by atoms with Crippen LogP contribution in [0.4, 0.5) is 0 Å². The Hall–Kier alpha value is -1.72. The molecule has 0 fully saturated rings. The maximum Gasteiger partial charge on any atom is 0.166 e.